The lowest BCUT2D eigenvalue weighted by Crippen LogP contribution is -2.69. The monoisotopic (exact) mass is 844 g/mol. The fourth-order valence-corrected chi connectivity index (χ4v) is 10.4. The summed E-state index contributed by atoms with van der Waals surface area (Å²) in [6.07, 6.45) is 7.35. The van der Waals surface area contributed by atoms with Gasteiger partial charge in [0.2, 0.25) is 21.7 Å². The van der Waals surface area contributed by atoms with Crippen molar-refractivity contribution in [2.75, 3.05) is 39.3 Å². The summed E-state index contributed by atoms with van der Waals surface area (Å²) >= 11 is 0. The number of fused-ring (bicyclic) bond motifs is 2. The number of anilines is 1. The van der Waals surface area contributed by atoms with E-state index in [2.05, 4.69) is 28.4 Å². The number of unbranched alkanes of at least 4 members (excludes halogenated alkanes) is 2. The third-order valence-electron chi connectivity index (χ3n) is 11.6. The van der Waals surface area contributed by atoms with Gasteiger partial charge in [-0.1, -0.05) is 60.5 Å². The van der Waals surface area contributed by atoms with E-state index in [9.17, 15) is 28.2 Å². The first-order valence-electron chi connectivity index (χ1n) is 20.4. The minimum absolute atomic E-state index is 0.000829. The molecule has 0 bridgehead atoms. The molecule has 6 rings (SSSR count). The largest absolute Gasteiger partial charge is 0.460 e. The van der Waals surface area contributed by atoms with Crippen LogP contribution in [0.15, 0.2) is 107 Å². The van der Waals surface area contributed by atoms with E-state index in [1.807, 2.05) is 36.4 Å². The molecular formula is C45H56N4O10S. The van der Waals surface area contributed by atoms with Crippen LogP contribution >= 0.6 is 0 Å². The van der Waals surface area contributed by atoms with E-state index in [-0.39, 0.29) is 61.3 Å². The van der Waals surface area contributed by atoms with Crippen molar-refractivity contribution in [3.8, 4) is 11.5 Å². The molecule has 60 heavy (non-hydrogen) atoms. The minimum Gasteiger partial charge on any atom is -0.460 e. The van der Waals surface area contributed by atoms with Gasteiger partial charge in [-0.25, -0.2) is 13.2 Å². The number of hydrogen-bond donors (Lipinski definition) is 4. The fraction of sp³-hybridized carbons (Fsp3) is 0.444. The number of oxime groups is 1. The van der Waals surface area contributed by atoms with E-state index in [4.69, 9.17) is 19.0 Å². The Labute approximate surface area is 352 Å². The molecule has 1 aliphatic heterocycles. The van der Waals surface area contributed by atoms with Gasteiger partial charge in [0.25, 0.3) is 0 Å². The first-order valence-corrected chi connectivity index (χ1v) is 21.9. The summed E-state index contributed by atoms with van der Waals surface area (Å²) in [5, 5.41) is 29.7. The Balaban J connectivity index is 1.50. The molecule has 1 fully saturated rings. The lowest BCUT2D eigenvalue weighted by atomic mass is 9.55. The van der Waals surface area contributed by atoms with Crippen molar-refractivity contribution < 1.29 is 47.3 Å². The van der Waals surface area contributed by atoms with E-state index in [1.165, 1.54) is 49.7 Å². The smallest absolute Gasteiger partial charge is 0.412 e. The van der Waals surface area contributed by atoms with Gasteiger partial charge in [-0.3, -0.25) is 4.79 Å². The topological polar surface area (TPSA) is 185 Å². The van der Waals surface area contributed by atoms with Crippen LogP contribution in [-0.4, -0.2) is 86.5 Å². The number of allylic oxidation sites excluding steroid dienone is 1. The Morgan fingerprint density at radius 2 is 1.73 bits per heavy atom. The molecule has 14 nitrogen and oxygen atoms in total. The molecule has 3 aromatic rings. The number of rotatable bonds is 19. The van der Waals surface area contributed by atoms with Crippen molar-refractivity contribution in [2.45, 2.75) is 81.1 Å². The number of benzene rings is 3. The van der Waals surface area contributed by atoms with E-state index < -0.39 is 33.9 Å². The minimum atomic E-state index is -4.24. The zero-order valence-corrected chi connectivity index (χ0v) is 35.2. The standard InChI is InChI=1S/C45H56N4O10S/c1-5-25-57-45-41(49(3)60(54,55)35-20-17-33(18-21-35)47-30(2)52)28-39(48-56-4)37-26-32(15-9-11-23-50)36(16-10-12-24-51)42(43(37)45)38-27-34(19-22-40(38)59-45)58-44(53)46-29-31-13-7-6-8-14-31/h5-8,13-14,17-22,26-27,32,36,41-43,50-51H,1,9-12,15-16,23-25,28-29H2,2-4H3,(H,46,53)(H,47,52). The lowest BCUT2D eigenvalue weighted by Gasteiger charge is -2.59. The van der Waals surface area contributed by atoms with Crippen LogP contribution in [0.4, 0.5) is 10.5 Å². The highest BCUT2D eigenvalue weighted by molar-refractivity contribution is 7.89. The zero-order valence-electron chi connectivity index (χ0n) is 34.4. The van der Waals surface area contributed by atoms with Crippen LogP contribution in [0.2, 0.25) is 0 Å². The number of aliphatic hydroxyl groups is 2. The lowest BCUT2D eigenvalue weighted by molar-refractivity contribution is -0.250. The number of sulfonamides is 1. The molecule has 6 unspecified atom stereocenters. The highest BCUT2D eigenvalue weighted by Crippen LogP contribution is 2.62. The van der Waals surface area contributed by atoms with Crippen molar-refractivity contribution >= 4 is 33.4 Å². The highest BCUT2D eigenvalue weighted by Gasteiger charge is 2.65. The molecule has 1 saturated carbocycles. The van der Waals surface area contributed by atoms with Gasteiger partial charge < -0.3 is 39.9 Å². The molecule has 6 atom stereocenters. The van der Waals surface area contributed by atoms with Crippen LogP contribution in [0.1, 0.15) is 68.9 Å². The molecule has 4 N–H and O–H groups in total. The van der Waals surface area contributed by atoms with Gasteiger partial charge >= 0.3 is 6.09 Å². The third kappa shape index (κ3) is 9.60. The van der Waals surface area contributed by atoms with E-state index >= 15 is 0 Å². The van der Waals surface area contributed by atoms with E-state index in [0.717, 1.165) is 29.5 Å². The highest BCUT2D eigenvalue weighted by atomic mass is 32.2. The number of nitrogens with one attached hydrogen (secondary N) is 2. The van der Waals surface area contributed by atoms with Gasteiger partial charge in [0.15, 0.2) is 0 Å². The molecule has 322 valence electrons. The molecule has 0 aromatic heterocycles. The Bertz CT molecular complexity index is 2150. The fourth-order valence-electron chi connectivity index (χ4n) is 9.04. The quantitative estimate of drug-likeness (QED) is 0.0589. The average molecular weight is 845 g/mol. The second-order valence-corrected chi connectivity index (χ2v) is 17.4. The van der Waals surface area contributed by atoms with E-state index in [0.29, 0.717) is 48.6 Å². The van der Waals surface area contributed by atoms with Crippen LogP contribution in [0.5, 0.6) is 11.5 Å². The number of carbonyl (C=O) groups is 2. The Morgan fingerprint density at radius 1 is 1.02 bits per heavy atom. The van der Waals surface area contributed by atoms with Gasteiger partial charge in [0.1, 0.15) is 18.6 Å². The average Bonchev–Trinajstić information content (AvgIpc) is 3.24. The SMILES string of the molecule is C=CCOC12Oc3ccc(OC(=O)NCc4ccccc4)cc3C3C(CCCCO)C(CCCCO)C=C(C(=NOC)CC1N(C)S(=O)(=O)c1ccc(NC(C)=O)cc1)C32. The van der Waals surface area contributed by atoms with Gasteiger partial charge in [0.05, 0.1) is 29.2 Å². The number of likely N-dealkylation sites (N-methyl/N-ethyl adjacent to an activating group) is 1. The maximum Gasteiger partial charge on any atom is 0.412 e. The molecular weight excluding hydrogens is 789 g/mol. The molecule has 1 heterocycles. The number of nitrogens with zero attached hydrogens (tertiary/aromatic N) is 2. The predicted octanol–water partition coefficient (Wildman–Crippen LogP) is 6.52. The van der Waals surface area contributed by atoms with Gasteiger partial charge in [-0.15, -0.1) is 6.58 Å². The first kappa shape index (κ1) is 44.5. The Kier molecular flexibility index (Phi) is 14.8. The molecule has 3 aromatic carbocycles. The third-order valence-corrected chi connectivity index (χ3v) is 13.5. The van der Waals surface area contributed by atoms with Crippen LogP contribution in [0.3, 0.4) is 0 Å². The Hall–Kier alpha value is -5.06. The maximum absolute atomic E-state index is 14.7. The number of ether oxygens (including phenoxy) is 3. The number of hydrogen-bond acceptors (Lipinski definition) is 11. The Morgan fingerprint density at radius 3 is 2.40 bits per heavy atom. The molecule has 0 spiro atoms. The number of amides is 2. The molecule has 2 aliphatic carbocycles. The van der Waals surface area contributed by atoms with Crippen LogP contribution in [0, 0.1) is 17.8 Å². The summed E-state index contributed by atoms with van der Waals surface area (Å²) in [5.41, 5.74) is 3.47. The van der Waals surface area contributed by atoms with E-state index in [1.54, 1.807) is 18.2 Å². The molecule has 0 radical (unpaired) electrons. The summed E-state index contributed by atoms with van der Waals surface area (Å²) in [4.78, 5) is 30.3. The number of aliphatic hydroxyl groups excluding tert-OH is 2. The molecule has 3 aliphatic rings. The summed E-state index contributed by atoms with van der Waals surface area (Å²) < 4.78 is 50.4. The van der Waals surface area contributed by atoms with Crippen LogP contribution in [0.25, 0.3) is 0 Å². The normalized spacial score (nSPS) is 23.7. The van der Waals surface area contributed by atoms with Crippen molar-refractivity contribution in [2.24, 2.45) is 22.9 Å². The van der Waals surface area contributed by atoms with Gasteiger partial charge in [-0.2, -0.15) is 4.31 Å². The van der Waals surface area contributed by atoms with Gasteiger partial charge in [0, 0.05) is 57.3 Å². The van der Waals surface area contributed by atoms with Crippen LogP contribution in [-0.2, 0) is 30.9 Å². The van der Waals surface area contributed by atoms with Crippen molar-refractivity contribution in [3.05, 3.63) is 108 Å². The molecule has 0 saturated heterocycles. The zero-order chi connectivity index (χ0) is 42.9. The summed E-state index contributed by atoms with van der Waals surface area (Å²) in [5.74, 6) is -2.29. The number of carbonyl (C=O) groups excluding carboxylic acids is 2. The molecule has 2 amide bonds. The summed E-state index contributed by atoms with van der Waals surface area (Å²) in [6, 6.07) is 19.7. The van der Waals surface area contributed by atoms with Crippen LogP contribution < -0.4 is 20.1 Å². The summed E-state index contributed by atoms with van der Waals surface area (Å²) in [7, 11) is -1.29. The second kappa shape index (κ2) is 20.0. The molecule has 15 heteroatoms. The maximum atomic E-state index is 14.7. The van der Waals surface area contributed by atoms with Crippen molar-refractivity contribution in [1.29, 1.82) is 0 Å². The summed E-state index contributed by atoms with van der Waals surface area (Å²) in [6.45, 7) is 5.69. The van der Waals surface area contributed by atoms with Crippen molar-refractivity contribution in [3.63, 3.8) is 0 Å². The second-order valence-electron chi connectivity index (χ2n) is 15.4. The predicted molar refractivity (Wildman–Crippen MR) is 227 cm³/mol. The first-order chi connectivity index (χ1) is 29.0. The van der Waals surface area contributed by atoms with Gasteiger partial charge in [-0.05, 0) is 91.1 Å². The van der Waals surface area contributed by atoms with Crippen molar-refractivity contribution in [1.82, 2.24) is 9.62 Å².